The molecule has 0 aromatic heterocycles. The van der Waals surface area contributed by atoms with E-state index >= 15 is 0 Å². The first-order chi connectivity index (χ1) is 5.25. The summed E-state index contributed by atoms with van der Waals surface area (Å²) in [4.78, 5) is 3.68. The molecule has 0 bridgehead atoms. The van der Waals surface area contributed by atoms with Crippen LogP contribution in [0.5, 0.6) is 0 Å². The van der Waals surface area contributed by atoms with Crippen molar-refractivity contribution in [1.82, 2.24) is 0 Å². The summed E-state index contributed by atoms with van der Waals surface area (Å²) in [5.41, 5.74) is 0.344. The number of nitrogens with zero attached hydrogens (tertiary/aromatic N) is 1. The van der Waals surface area contributed by atoms with Crippen LogP contribution >= 0.6 is 11.6 Å². The zero-order valence-electron chi connectivity index (χ0n) is 6.01. The van der Waals surface area contributed by atoms with Crippen LogP contribution in [0.15, 0.2) is 23.2 Å². The minimum absolute atomic E-state index is 0.344. The molecule has 1 aromatic carbocycles. The second kappa shape index (κ2) is 3.49. The summed E-state index contributed by atoms with van der Waals surface area (Å²) in [5, 5.41) is 0.385. The Hall–Kier alpha value is -0.890. The fourth-order valence-corrected chi connectivity index (χ4v) is 0.975. The lowest BCUT2D eigenvalue weighted by atomic mass is 10.2. The van der Waals surface area contributed by atoms with Gasteiger partial charge in [-0.1, -0.05) is 17.7 Å². The molecule has 1 rings (SSSR count). The smallest absolute Gasteiger partial charge is 0.133 e. The van der Waals surface area contributed by atoms with Crippen molar-refractivity contribution >= 4 is 17.8 Å². The van der Waals surface area contributed by atoms with Crippen LogP contribution in [0.25, 0.3) is 0 Å². The molecule has 0 unspecified atom stereocenters. The second-order valence-corrected chi connectivity index (χ2v) is 2.43. The van der Waals surface area contributed by atoms with Crippen LogP contribution < -0.4 is 0 Å². The predicted octanol–water partition coefficient (Wildman–Crippen LogP) is 2.53. The molecule has 0 aliphatic carbocycles. The molecule has 0 amide bonds. The average Bonchev–Trinajstić information content (AvgIpc) is 1.97. The molecule has 0 spiro atoms. The Morgan fingerprint density at radius 1 is 1.55 bits per heavy atom. The van der Waals surface area contributed by atoms with E-state index in [1.165, 1.54) is 12.3 Å². The van der Waals surface area contributed by atoms with Crippen molar-refractivity contribution < 1.29 is 4.39 Å². The minimum atomic E-state index is -0.344. The van der Waals surface area contributed by atoms with Gasteiger partial charge in [0.15, 0.2) is 0 Å². The number of benzene rings is 1. The lowest BCUT2D eigenvalue weighted by Gasteiger charge is -1.97. The van der Waals surface area contributed by atoms with E-state index in [1.54, 1.807) is 19.2 Å². The van der Waals surface area contributed by atoms with Gasteiger partial charge in [-0.25, -0.2) is 4.39 Å². The first-order valence-electron chi connectivity index (χ1n) is 3.12. The molecule has 0 radical (unpaired) electrons. The third-order valence-corrected chi connectivity index (χ3v) is 1.59. The summed E-state index contributed by atoms with van der Waals surface area (Å²) in [6.07, 6.45) is 1.40. The highest BCUT2D eigenvalue weighted by Gasteiger charge is 2.01. The van der Waals surface area contributed by atoms with Gasteiger partial charge in [-0.3, -0.25) is 4.99 Å². The van der Waals surface area contributed by atoms with Gasteiger partial charge in [-0.2, -0.15) is 0 Å². The molecule has 1 aromatic rings. The van der Waals surface area contributed by atoms with Gasteiger partial charge in [-0.15, -0.1) is 0 Å². The van der Waals surface area contributed by atoms with Crippen molar-refractivity contribution in [2.45, 2.75) is 0 Å². The molecule has 0 aliphatic rings. The maximum absolute atomic E-state index is 12.9. The van der Waals surface area contributed by atoms with Crippen molar-refractivity contribution in [2.24, 2.45) is 4.99 Å². The van der Waals surface area contributed by atoms with E-state index in [4.69, 9.17) is 11.6 Å². The SMILES string of the molecule is CN=Cc1c(F)cccc1Cl. The van der Waals surface area contributed by atoms with Crippen LogP contribution in [-0.4, -0.2) is 13.3 Å². The monoisotopic (exact) mass is 171 g/mol. The van der Waals surface area contributed by atoms with Crippen LogP contribution in [0.1, 0.15) is 5.56 Å². The van der Waals surface area contributed by atoms with Crippen LogP contribution in [0.2, 0.25) is 5.02 Å². The van der Waals surface area contributed by atoms with Crippen molar-refractivity contribution in [3.05, 3.63) is 34.6 Å². The molecule has 0 saturated carbocycles. The number of aliphatic imine (C=N–C) groups is 1. The third kappa shape index (κ3) is 1.77. The second-order valence-electron chi connectivity index (χ2n) is 2.02. The van der Waals surface area contributed by atoms with Gasteiger partial charge in [0.1, 0.15) is 5.82 Å². The van der Waals surface area contributed by atoms with Gasteiger partial charge in [0.05, 0.1) is 5.02 Å². The zero-order valence-corrected chi connectivity index (χ0v) is 6.77. The first kappa shape index (κ1) is 8.21. The van der Waals surface area contributed by atoms with Crippen molar-refractivity contribution in [3.63, 3.8) is 0 Å². The van der Waals surface area contributed by atoms with Crippen LogP contribution in [0.3, 0.4) is 0 Å². The van der Waals surface area contributed by atoms with Crippen molar-refractivity contribution in [2.75, 3.05) is 7.05 Å². The van der Waals surface area contributed by atoms with Gasteiger partial charge in [0, 0.05) is 18.8 Å². The Balaban J connectivity index is 3.20. The molecule has 1 nitrogen and oxygen atoms in total. The van der Waals surface area contributed by atoms with Crippen molar-refractivity contribution in [3.8, 4) is 0 Å². The van der Waals surface area contributed by atoms with E-state index in [9.17, 15) is 4.39 Å². The molecule has 0 heterocycles. The maximum atomic E-state index is 12.9. The summed E-state index contributed by atoms with van der Waals surface area (Å²) in [5.74, 6) is -0.344. The average molecular weight is 172 g/mol. The van der Waals surface area contributed by atoms with Gasteiger partial charge >= 0.3 is 0 Å². The number of halogens is 2. The van der Waals surface area contributed by atoms with Gasteiger partial charge < -0.3 is 0 Å². The summed E-state index contributed by atoms with van der Waals surface area (Å²) >= 11 is 5.68. The first-order valence-corrected chi connectivity index (χ1v) is 3.49. The highest BCUT2D eigenvalue weighted by molar-refractivity contribution is 6.33. The topological polar surface area (TPSA) is 12.4 Å². The molecule has 0 N–H and O–H groups in total. The zero-order chi connectivity index (χ0) is 8.27. The highest BCUT2D eigenvalue weighted by atomic mass is 35.5. The van der Waals surface area contributed by atoms with E-state index in [-0.39, 0.29) is 5.82 Å². The molecule has 0 atom stereocenters. The lowest BCUT2D eigenvalue weighted by molar-refractivity contribution is 0.626. The normalized spacial score (nSPS) is 10.8. The highest BCUT2D eigenvalue weighted by Crippen LogP contribution is 2.16. The summed E-state index contributed by atoms with van der Waals surface area (Å²) < 4.78 is 12.9. The van der Waals surface area contributed by atoms with Gasteiger partial charge in [-0.05, 0) is 12.1 Å². The molecule has 0 fully saturated rings. The van der Waals surface area contributed by atoms with E-state index < -0.39 is 0 Å². The lowest BCUT2D eigenvalue weighted by Crippen LogP contribution is -1.88. The molecule has 58 valence electrons. The number of hydrogen-bond donors (Lipinski definition) is 0. The van der Waals surface area contributed by atoms with Gasteiger partial charge in [0.2, 0.25) is 0 Å². The van der Waals surface area contributed by atoms with E-state index in [0.29, 0.717) is 10.6 Å². The summed E-state index contributed by atoms with van der Waals surface area (Å²) in [7, 11) is 1.57. The van der Waals surface area contributed by atoms with Crippen LogP contribution in [0.4, 0.5) is 4.39 Å². The van der Waals surface area contributed by atoms with E-state index in [1.807, 2.05) is 0 Å². The molecular formula is C8H7ClFN. The largest absolute Gasteiger partial charge is 0.296 e. The quantitative estimate of drug-likeness (QED) is 0.576. The Labute approximate surface area is 69.5 Å². The molecule has 11 heavy (non-hydrogen) atoms. The molecule has 0 aliphatic heterocycles. The Morgan fingerprint density at radius 2 is 2.27 bits per heavy atom. The summed E-state index contributed by atoms with van der Waals surface area (Å²) in [6.45, 7) is 0. The standard InChI is InChI=1S/C8H7ClFN/c1-11-5-6-7(9)3-2-4-8(6)10/h2-5H,1H3. The fraction of sp³-hybridized carbons (Fsp3) is 0.125. The molecular weight excluding hydrogens is 165 g/mol. The minimum Gasteiger partial charge on any atom is -0.296 e. The maximum Gasteiger partial charge on any atom is 0.133 e. The Morgan fingerprint density at radius 3 is 2.82 bits per heavy atom. The Kier molecular flexibility index (Phi) is 2.60. The fourth-order valence-electron chi connectivity index (χ4n) is 0.763. The van der Waals surface area contributed by atoms with Gasteiger partial charge in [0.25, 0.3) is 0 Å². The van der Waals surface area contributed by atoms with Crippen LogP contribution in [0, 0.1) is 5.82 Å². The number of rotatable bonds is 1. The van der Waals surface area contributed by atoms with Crippen LogP contribution in [-0.2, 0) is 0 Å². The molecule has 0 saturated heterocycles. The van der Waals surface area contributed by atoms with Crippen molar-refractivity contribution in [1.29, 1.82) is 0 Å². The third-order valence-electron chi connectivity index (χ3n) is 1.26. The predicted molar refractivity (Wildman–Crippen MR) is 44.9 cm³/mol. The number of hydrogen-bond acceptors (Lipinski definition) is 1. The van der Waals surface area contributed by atoms with E-state index in [2.05, 4.69) is 4.99 Å². The van der Waals surface area contributed by atoms with E-state index in [0.717, 1.165) is 0 Å². The Bertz CT molecular complexity index is 263. The summed E-state index contributed by atoms with van der Waals surface area (Å²) in [6, 6.07) is 4.54. The molecule has 3 heteroatoms.